The van der Waals surface area contributed by atoms with Crippen LogP contribution in [0.15, 0.2) is 28.7 Å². The highest BCUT2D eigenvalue weighted by atomic mass is 28.3. The Morgan fingerprint density at radius 1 is 1.24 bits per heavy atom. The average Bonchev–Trinajstić information content (AvgIpc) is 3.22. The number of rotatable bonds is 9. The molecular formula is C23H36N4O5Si. The van der Waals surface area contributed by atoms with Crippen LogP contribution in [0.25, 0.3) is 11.1 Å². The molecule has 10 heteroatoms. The predicted molar refractivity (Wildman–Crippen MR) is 128 cm³/mol. The number of fused-ring (bicyclic) bond motifs is 1. The van der Waals surface area contributed by atoms with Gasteiger partial charge in [-0.3, -0.25) is 4.79 Å². The summed E-state index contributed by atoms with van der Waals surface area (Å²) in [6, 6.07) is 6.78. The van der Waals surface area contributed by atoms with E-state index in [0.717, 1.165) is 6.42 Å². The molecule has 1 aliphatic heterocycles. The molecule has 9 nitrogen and oxygen atoms in total. The molecule has 0 saturated carbocycles. The number of urea groups is 1. The van der Waals surface area contributed by atoms with Gasteiger partial charge in [0, 0.05) is 27.7 Å². The fraction of sp³-hybridized carbons (Fsp3) is 0.609. The summed E-state index contributed by atoms with van der Waals surface area (Å²) < 4.78 is 11.1. The summed E-state index contributed by atoms with van der Waals surface area (Å²) in [5, 5.41) is 14.1. The van der Waals surface area contributed by atoms with Crippen molar-refractivity contribution in [3.05, 3.63) is 30.2 Å². The summed E-state index contributed by atoms with van der Waals surface area (Å²) >= 11 is 0. The first-order valence-corrected chi connectivity index (χ1v) is 15.4. The Morgan fingerprint density at radius 2 is 1.94 bits per heavy atom. The van der Waals surface area contributed by atoms with E-state index in [1.165, 1.54) is 4.90 Å². The van der Waals surface area contributed by atoms with Crippen molar-refractivity contribution in [2.45, 2.75) is 57.7 Å². The number of carbonyl (C=O) groups excluding carboxylic acids is 2. The molecule has 0 spiro atoms. The summed E-state index contributed by atoms with van der Waals surface area (Å²) in [6.07, 6.45) is 0.226. The van der Waals surface area contributed by atoms with E-state index in [1.54, 1.807) is 17.0 Å². The van der Waals surface area contributed by atoms with Crippen LogP contribution in [-0.4, -0.2) is 78.8 Å². The van der Waals surface area contributed by atoms with Crippen molar-refractivity contribution in [1.29, 1.82) is 0 Å². The molecule has 2 aromatic rings. The lowest BCUT2D eigenvalue weighted by molar-refractivity contribution is -0.145. The minimum atomic E-state index is -1.74. The van der Waals surface area contributed by atoms with E-state index in [9.17, 15) is 14.7 Å². The second kappa shape index (κ2) is 11.1. The summed E-state index contributed by atoms with van der Waals surface area (Å²) in [6.45, 7) is 10.8. The summed E-state index contributed by atoms with van der Waals surface area (Å²) in [5.74, 6) is -0.242. The largest absolute Gasteiger partial charge is 0.436 e. The lowest BCUT2D eigenvalue weighted by atomic mass is 10.2. The number of aliphatic hydroxyl groups is 1. The molecule has 0 bridgehead atoms. The van der Waals surface area contributed by atoms with Crippen LogP contribution in [-0.2, 0) is 9.53 Å². The second-order valence-electron chi connectivity index (χ2n) is 9.64. The molecule has 33 heavy (non-hydrogen) atoms. The third-order valence-electron chi connectivity index (χ3n) is 5.57. The van der Waals surface area contributed by atoms with Crippen LogP contribution < -0.4 is 5.32 Å². The summed E-state index contributed by atoms with van der Waals surface area (Å²) in [4.78, 5) is 34.1. The summed E-state index contributed by atoms with van der Waals surface area (Å²) in [5.41, 5.74) is 1.17. The van der Waals surface area contributed by atoms with Gasteiger partial charge in [-0.05, 0) is 24.6 Å². The molecule has 2 N–H and O–H groups in total. The first-order valence-electron chi connectivity index (χ1n) is 11.7. The van der Waals surface area contributed by atoms with Crippen molar-refractivity contribution >= 4 is 31.1 Å². The first-order chi connectivity index (χ1) is 15.7. The monoisotopic (exact) mass is 476 g/mol. The number of para-hydroxylation sites is 2. The maximum Gasteiger partial charge on any atom is 0.318 e. The number of aromatic nitrogens is 1. The molecule has 182 valence electrons. The van der Waals surface area contributed by atoms with Gasteiger partial charge >= 0.3 is 6.03 Å². The molecule has 2 atom stereocenters. The number of ether oxygens (including phenoxy) is 1. The third-order valence-corrected chi connectivity index (χ3v) is 7.21. The van der Waals surface area contributed by atoms with Gasteiger partial charge in [-0.2, -0.15) is 0 Å². The fourth-order valence-corrected chi connectivity index (χ4v) is 5.34. The Kier molecular flexibility index (Phi) is 8.50. The van der Waals surface area contributed by atoms with Crippen LogP contribution in [0.2, 0.25) is 25.7 Å². The molecule has 0 aliphatic carbocycles. The second-order valence-corrected chi connectivity index (χ2v) is 15.2. The number of morpholine rings is 1. The predicted octanol–water partition coefficient (Wildman–Crippen LogP) is 3.20. The number of carbonyl (C=O) groups is 2. The Morgan fingerprint density at radius 3 is 2.58 bits per heavy atom. The highest BCUT2D eigenvalue weighted by Crippen LogP contribution is 2.25. The molecule has 2 heterocycles. The zero-order chi connectivity index (χ0) is 24.0. The van der Waals surface area contributed by atoms with Gasteiger partial charge in [-0.25, -0.2) is 9.78 Å². The maximum absolute atomic E-state index is 13.7. The quantitative estimate of drug-likeness (QED) is 0.425. The van der Waals surface area contributed by atoms with E-state index in [0.29, 0.717) is 56.4 Å². The van der Waals surface area contributed by atoms with Crippen molar-refractivity contribution in [3.63, 3.8) is 0 Å². The van der Waals surface area contributed by atoms with Crippen molar-refractivity contribution in [1.82, 2.24) is 20.1 Å². The third kappa shape index (κ3) is 6.78. The molecule has 1 aromatic heterocycles. The van der Waals surface area contributed by atoms with E-state index < -0.39 is 20.3 Å². The molecule has 0 radical (unpaired) electrons. The minimum absolute atomic E-state index is 0.0758. The van der Waals surface area contributed by atoms with Gasteiger partial charge in [-0.15, -0.1) is 0 Å². The Balaban J connectivity index is 1.84. The van der Waals surface area contributed by atoms with Crippen molar-refractivity contribution in [3.8, 4) is 0 Å². The smallest absolute Gasteiger partial charge is 0.318 e. The number of benzene rings is 1. The molecule has 0 unspecified atom stereocenters. The zero-order valence-electron chi connectivity index (χ0n) is 20.0. The van der Waals surface area contributed by atoms with Gasteiger partial charge in [0.25, 0.3) is 0 Å². The highest BCUT2D eigenvalue weighted by molar-refractivity contribution is 6.76. The molecule has 3 amide bonds. The van der Waals surface area contributed by atoms with Crippen LogP contribution in [0, 0.1) is 0 Å². The Labute approximate surface area is 196 Å². The van der Waals surface area contributed by atoms with Crippen LogP contribution in [0.4, 0.5) is 4.79 Å². The van der Waals surface area contributed by atoms with Gasteiger partial charge in [0.05, 0.1) is 13.2 Å². The topological polar surface area (TPSA) is 108 Å². The Bertz CT molecular complexity index is 905. The number of nitrogens with one attached hydrogen (secondary N) is 1. The van der Waals surface area contributed by atoms with E-state index in [1.807, 2.05) is 19.1 Å². The molecule has 1 aliphatic rings. The Hall–Kier alpha value is -2.43. The van der Waals surface area contributed by atoms with E-state index in [2.05, 4.69) is 29.9 Å². The van der Waals surface area contributed by atoms with Crippen molar-refractivity contribution in [2.75, 3.05) is 32.8 Å². The first kappa shape index (κ1) is 25.2. The number of nitrogens with zero attached hydrogens (tertiary/aromatic N) is 3. The number of aliphatic hydroxyl groups excluding tert-OH is 1. The van der Waals surface area contributed by atoms with Crippen LogP contribution in [0.3, 0.4) is 0 Å². The molecule has 1 saturated heterocycles. The van der Waals surface area contributed by atoms with Crippen LogP contribution >= 0.6 is 0 Å². The molecule has 1 aromatic carbocycles. The van der Waals surface area contributed by atoms with E-state index >= 15 is 0 Å². The van der Waals surface area contributed by atoms with Crippen LogP contribution in [0.1, 0.15) is 31.9 Å². The van der Waals surface area contributed by atoms with Crippen molar-refractivity contribution in [2.24, 2.45) is 0 Å². The van der Waals surface area contributed by atoms with Crippen LogP contribution in [0.5, 0.6) is 0 Å². The van der Waals surface area contributed by atoms with Gasteiger partial charge in [0.2, 0.25) is 18.0 Å². The van der Waals surface area contributed by atoms with Gasteiger partial charge < -0.3 is 29.4 Å². The zero-order valence-corrected chi connectivity index (χ0v) is 21.0. The number of oxazole rings is 1. The van der Waals surface area contributed by atoms with Gasteiger partial charge in [0.15, 0.2) is 5.58 Å². The normalized spacial score (nSPS) is 16.5. The molecular weight excluding hydrogens is 440 g/mol. The number of hydrogen-bond donors (Lipinski definition) is 2. The fourth-order valence-electron chi connectivity index (χ4n) is 3.83. The molecule has 3 rings (SSSR count). The summed E-state index contributed by atoms with van der Waals surface area (Å²) in [7, 11) is -1.74. The standard InChI is InChI=1S/C23H36N4O5Si/c1-5-6-11-27(22(29)20-24-17-9-7-8-10-19(17)32-20)21(28)18(16-33(2,3)4)25-23(30)26-12-14-31-15-13-26/h7-10,18,22,29H,5-6,11-16H2,1-4H3,(H,25,30)/t18-,22-/m1/s1. The number of unbranched alkanes of at least 4 members (excludes halogenated alkanes) is 1. The molecule has 1 fully saturated rings. The highest BCUT2D eigenvalue weighted by Gasteiger charge is 2.36. The van der Waals surface area contributed by atoms with Crippen molar-refractivity contribution < 1.29 is 23.8 Å². The number of amides is 3. The number of hydrogen-bond acceptors (Lipinski definition) is 6. The SMILES string of the molecule is CCCCN(C(=O)[C@@H](C[Si](C)(C)C)NC(=O)N1CCOCC1)[C@H](O)c1nc2ccccc2o1. The van der Waals surface area contributed by atoms with E-state index in [-0.39, 0.29) is 17.8 Å². The maximum atomic E-state index is 13.7. The van der Waals surface area contributed by atoms with Gasteiger partial charge in [-0.1, -0.05) is 45.1 Å². The van der Waals surface area contributed by atoms with Gasteiger partial charge in [0.1, 0.15) is 11.6 Å². The minimum Gasteiger partial charge on any atom is -0.436 e. The lowest BCUT2D eigenvalue weighted by Crippen LogP contribution is -2.56. The van der Waals surface area contributed by atoms with E-state index in [4.69, 9.17) is 9.15 Å². The average molecular weight is 477 g/mol. The lowest BCUT2D eigenvalue weighted by Gasteiger charge is -2.34.